The molecule has 0 unspecified atom stereocenters. The molecule has 0 saturated heterocycles. The maximum atomic E-state index is 13.1. The van der Waals surface area contributed by atoms with Crippen molar-refractivity contribution in [2.45, 2.75) is 52.7 Å². The van der Waals surface area contributed by atoms with Crippen LogP contribution in [0.4, 0.5) is 0 Å². The lowest BCUT2D eigenvalue weighted by atomic mass is 10.0. The van der Waals surface area contributed by atoms with Gasteiger partial charge in [-0.3, -0.25) is 9.59 Å². The Labute approximate surface area is 201 Å². The summed E-state index contributed by atoms with van der Waals surface area (Å²) in [7, 11) is 0. The molecule has 0 aliphatic rings. The summed E-state index contributed by atoms with van der Waals surface area (Å²) >= 11 is 3.56. The lowest BCUT2D eigenvalue weighted by molar-refractivity contribution is -0.158. The number of amides is 1. The topological polar surface area (TPSA) is 88.3 Å². The second-order valence-corrected chi connectivity index (χ2v) is 10.3. The molecule has 7 heteroatoms. The normalized spacial score (nSPS) is 12.6. The monoisotopic (exact) mass is 512 g/mol. The summed E-state index contributed by atoms with van der Waals surface area (Å²) in [5.74, 6) is -1.36. The van der Waals surface area contributed by atoms with Gasteiger partial charge in [-0.15, -0.1) is 0 Å². The van der Waals surface area contributed by atoms with Gasteiger partial charge in [0.15, 0.2) is 0 Å². The van der Waals surface area contributed by atoms with Gasteiger partial charge in [-0.25, -0.2) is 4.79 Å². The summed E-state index contributed by atoms with van der Waals surface area (Å²) in [5, 5.41) is 3.07. The predicted octanol–water partition coefficient (Wildman–Crippen LogP) is 4.98. The Hall–Kier alpha value is -2.93. The van der Waals surface area contributed by atoms with E-state index in [9.17, 15) is 14.4 Å². The lowest BCUT2D eigenvalue weighted by Crippen LogP contribution is -2.48. The Bertz CT molecular complexity index is 1230. The highest BCUT2D eigenvalue weighted by Gasteiger charge is 2.30. The number of ether oxygens (including phenoxy) is 1. The molecular weight excluding hydrogens is 484 g/mol. The van der Waals surface area contributed by atoms with Gasteiger partial charge in [0.05, 0.1) is 0 Å². The third-order valence-corrected chi connectivity index (χ3v) is 5.88. The molecule has 1 aromatic heterocycles. The summed E-state index contributed by atoms with van der Waals surface area (Å²) in [4.78, 5) is 41.7. The van der Waals surface area contributed by atoms with Gasteiger partial charge >= 0.3 is 5.97 Å². The molecule has 0 aliphatic heterocycles. The van der Waals surface area contributed by atoms with Crippen LogP contribution >= 0.6 is 15.9 Å². The molecule has 0 saturated carbocycles. The second-order valence-electron chi connectivity index (χ2n) is 9.41. The van der Waals surface area contributed by atoms with E-state index in [0.29, 0.717) is 17.3 Å². The number of halogens is 1. The summed E-state index contributed by atoms with van der Waals surface area (Å²) in [5.41, 5.74) is 1.67. The number of aromatic amines is 1. The molecule has 0 bridgehead atoms. The van der Waals surface area contributed by atoms with Crippen LogP contribution in [0.5, 0.6) is 0 Å². The highest BCUT2D eigenvalue weighted by atomic mass is 79.9. The number of aromatic nitrogens is 1. The van der Waals surface area contributed by atoms with E-state index in [4.69, 9.17) is 4.74 Å². The Balaban J connectivity index is 1.89. The highest BCUT2D eigenvalue weighted by molar-refractivity contribution is 9.10. The van der Waals surface area contributed by atoms with Gasteiger partial charge in [-0.05, 0) is 56.4 Å². The third kappa shape index (κ3) is 6.11. The van der Waals surface area contributed by atoms with Gasteiger partial charge < -0.3 is 15.0 Å². The van der Waals surface area contributed by atoms with E-state index in [2.05, 4.69) is 26.2 Å². The van der Waals surface area contributed by atoms with E-state index in [-0.39, 0.29) is 11.5 Å². The Morgan fingerprint density at radius 2 is 1.79 bits per heavy atom. The molecule has 3 aromatic rings. The van der Waals surface area contributed by atoms with Crippen LogP contribution in [0.2, 0.25) is 0 Å². The maximum Gasteiger partial charge on any atom is 0.329 e. The van der Waals surface area contributed by atoms with Gasteiger partial charge in [0.25, 0.3) is 5.91 Å². The summed E-state index contributed by atoms with van der Waals surface area (Å²) < 4.78 is 6.22. The maximum absolute atomic E-state index is 13.1. The molecule has 6 nitrogen and oxygen atoms in total. The molecule has 2 aromatic carbocycles. The van der Waals surface area contributed by atoms with E-state index in [1.54, 1.807) is 26.8 Å². The van der Waals surface area contributed by atoms with Gasteiger partial charge in [-0.2, -0.15) is 0 Å². The molecule has 33 heavy (non-hydrogen) atoms. The van der Waals surface area contributed by atoms with Crippen LogP contribution in [-0.2, 0) is 16.0 Å². The van der Waals surface area contributed by atoms with Crippen LogP contribution < -0.4 is 10.7 Å². The van der Waals surface area contributed by atoms with Crippen molar-refractivity contribution < 1.29 is 14.3 Å². The number of pyridine rings is 1. The van der Waals surface area contributed by atoms with Gasteiger partial charge in [0, 0.05) is 21.6 Å². The molecule has 1 atom stereocenters. The SMILES string of the molecule is CC(C)[C@H](NC(=O)c1c[nH]c2cc(Cc3ccccc3)c(Br)cc2c1=O)C(=O)OC(C)(C)C. The van der Waals surface area contributed by atoms with Crippen molar-refractivity contribution >= 4 is 38.7 Å². The fraction of sp³-hybridized carbons (Fsp3) is 0.346. The Morgan fingerprint density at radius 3 is 2.39 bits per heavy atom. The third-order valence-electron chi connectivity index (χ3n) is 5.14. The molecule has 174 valence electrons. The number of fused-ring (bicyclic) bond motifs is 1. The fourth-order valence-electron chi connectivity index (χ4n) is 3.49. The van der Waals surface area contributed by atoms with Crippen molar-refractivity contribution in [2.24, 2.45) is 5.92 Å². The number of esters is 1. The van der Waals surface area contributed by atoms with Crippen LogP contribution in [0.3, 0.4) is 0 Å². The lowest BCUT2D eigenvalue weighted by Gasteiger charge is -2.26. The van der Waals surface area contributed by atoms with Crippen LogP contribution in [0.1, 0.15) is 56.1 Å². The summed E-state index contributed by atoms with van der Waals surface area (Å²) in [6.07, 6.45) is 2.10. The number of hydrogen-bond donors (Lipinski definition) is 2. The predicted molar refractivity (Wildman–Crippen MR) is 133 cm³/mol. The number of hydrogen-bond acceptors (Lipinski definition) is 4. The quantitative estimate of drug-likeness (QED) is 0.456. The average Bonchev–Trinajstić information content (AvgIpc) is 2.72. The number of benzene rings is 2. The second kappa shape index (κ2) is 9.91. The Kier molecular flexibility index (Phi) is 7.42. The number of rotatable bonds is 6. The van der Waals surface area contributed by atoms with Crippen LogP contribution in [0.25, 0.3) is 10.9 Å². The molecule has 3 rings (SSSR count). The zero-order valence-electron chi connectivity index (χ0n) is 19.5. The molecule has 0 radical (unpaired) electrons. The zero-order chi connectivity index (χ0) is 24.3. The first-order valence-corrected chi connectivity index (χ1v) is 11.7. The standard InChI is InChI=1S/C26H29BrN2O4/c1-15(2)22(25(32)33-26(3,4)5)29-24(31)19-14-28-21-12-17(11-16-9-7-6-8-10-16)20(27)13-18(21)23(19)30/h6-10,12-15,22H,11H2,1-5H3,(H,28,30)(H,29,31)/t22-/m0/s1. The average molecular weight is 513 g/mol. The Morgan fingerprint density at radius 1 is 1.12 bits per heavy atom. The minimum Gasteiger partial charge on any atom is -0.458 e. The number of carbonyl (C=O) groups is 2. The van der Waals surface area contributed by atoms with Crippen molar-refractivity contribution in [3.05, 3.63) is 80.0 Å². The molecule has 1 heterocycles. The van der Waals surface area contributed by atoms with Crippen molar-refractivity contribution in [3.63, 3.8) is 0 Å². The minimum absolute atomic E-state index is 0.0561. The number of H-pyrrole nitrogens is 1. The van der Waals surface area contributed by atoms with Crippen molar-refractivity contribution in [1.29, 1.82) is 0 Å². The van der Waals surface area contributed by atoms with Crippen LogP contribution in [-0.4, -0.2) is 28.5 Å². The molecule has 0 fully saturated rings. The van der Waals surface area contributed by atoms with E-state index in [1.807, 2.05) is 50.2 Å². The van der Waals surface area contributed by atoms with Crippen LogP contribution in [0.15, 0.2) is 57.9 Å². The van der Waals surface area contributed by atoms with Gasteiger partial charge in [-0.1, -0.05) is 60.1 Å². The molecule has 0 aliphatic carbocycles. The van der Waals surface area contributed by atoms with Crippen molar-refractivity contribution in [2.75, 3.05) is 0 Å². The van der Waals surface area contributed by atoms with E-state index < -0.39 is 28.9 Å². The van der Waals surface area contributed by atoms with E-state index >= 15 is 0 Å². The van der Waals surface area contributed by atoms with E-state index in [1.165, 1.54) is 6.20 Å². The smallest absolute Gasteiger partial charge is 0.329 e. The fourth-order valence-corrected chi connectivity index (χ4v) is 3.97. The molecule has 2 N–H and O–H groups in total. The number of carbonyl (C=O) groups excluding carboxylic acids is 2. The first-order valence-electron chi connectivity index (χ1n) is 10.9. The van der Waals surface area contributed by atoms with E-state index in [0.717, 1.165) is 15.6 Å². The number of nitrogens with one attached hydrogen (secondary N) is 2. The summed E-state index contributed by atoms with van der Waals surface area (Å²) in [6, 6.07) is 12.8. The van der Waals surface area contributed by atoms with Crippen molar-refractivity contribution in [3.8, 4) is 0 Å². The first kappa shape index (κ1) is 24.7. The molecular formula is C26H29BrN2O4. The first-order chi connectivity index (χ1) is 15.5. The summed E-state index contributed by atoms with van der Waals surface area (Å²) in [6.45, 7) is 8.92. The minimum atomic E-state index is -0.869. The van der Waals surface area contributed by atoms with Gasteiger partial charge in [0.1, 0.15) is 17.2 Å². The van der Waals surface area contributed by atoms with Crippen molar-refractivity contribution in [1.82, 2.24) is 10.3 Å². The molecule has 0 spiro atoms. The largest absolute Gasteiger partial charge is 0.458 e. The van der Waals surface area contributed by atoms with Gasteiger partial charge in [0.2, 0.25) is 5.43 Å². The van der Waals surface area contributed by atoms with Crippen LogP contribution in [0, 0.1) is 5.92 Å². The zero-order valence-corrected chi connectivity index (χ0v) is 21.1. The molecule has 1 amide bonds. The highest BCUT2D eigenvalue weighted by Crippen LogP contribution is 2.24.